The molecule has 2 aliphatic rings. The highest BCUT2D eigenvalue weighted by Crippen LogP contribution is 2.45. The number of ether oxygens (including phenoxy) is 4. The Bertz CT molecular complexity index is 2700. The normalized spacial score (nSPS) is 17.8. The number of carbonyl (C=O) groups excluding carboxylic acids is 5. The van der Waals surface area contributed by atoms with E-state index in [4.69, 9.17) is 18.9 Å². The van der Waals surface area contributed by atoms with E-state index in [9.17, 15) is 33.9 Å². The van der Waals surface area contributed by atoms with E-state index in [0.717, 1.165) is 64.9 Å². The van der Waals surface area contributed by atoms with Gasteiger partial charge in [-0.1, -0.05) is 161 Å². The van der Waals surface area contributed by atoms with Crippen molar-refractivity contribution in [1.82, 2.24) is 25.0 Å². The molecule has 0 spiro atoms. The number of likely N-dealkylation sites (N-methyl/N-ethyl adjacent to an activating group) is 2. The van der Waals surface area contributed by atoms with Crippen LogP contribution in [0.3, 0.4) is 0 Å². The third kappa shape index (κ3) is 18.0. The Morgan fingerprint density at radius 1 is 0.694 bits per heavy atom. The van der Waals surface area contributed by atoms with E-state index in [2.05, 4.69) is 81.3 Å². The van der Waals surface area contributed by atoms with Crippen LogP contribution in [0.5, 0.6) is 0 Å². The zero-order valence-corrected chi connectivity index (χ0v) is 54.1. The Hall–Kier alpha value is -6.01. The van der Waals surface area contributed by atoms with E-state index >= 15 is 0 Å². The maximum Gasteiger partial charge on any atom is 0.306 e. The van der Waals surface area contributed by atoms with Crippen LogP contribution < -0.4 is 5.32 Å². The minimum Gasteiger partial charge on any atom is -0.481 e. The van der Waals surface area contributed by atoms with Gasteiger partial charge in [0.05, 0.1) is 73.6 Å². The van der Waals surface area contributed by atoms with Gasteiger partial charge in [-0.2, -0.15) is 0 Å². The minimum atomic E-state index is -0.981. The molecule has 2 heterocycles. The number of carboxylic acid groups (broad SMARTS) is 1. The SMILES string of the molecule is CC[C@H](C(=O)N(C)[C@@H]([C@@H](C)CC)[C@@H](CC(=O)N1CCC[C@H]1[C@H](OC)[C@@H](C)C(=O)N[C@@H](Cc1ccccc1)c1nccs1)OC)C(C)C.CC[C@H](C)[C@@H]([C@@H](CC(=O)O)OC)N(C)C(=O)[C@@H](CC(=O)OCC1c2ccccc2-c2ccccc21)C(C)C. The number of carbonyl (C=O) groups is 6. The predicted octanol–water partition coefficient (Wildman–Crippen LogP) is 11.5. The molecule has 2 N–H and O–H groups in total. The lowest BCUT2D eigenvalue weighted by molar-refractivity contribution is -0.153. The number of benzene rings is 3. The number of amides is 4. The number of rotatable bonds is 31. The van der Waals surface area contributed by atoms with Gasteiger partial charge in [-0.15, -0.1) is 11.3 Å². The van der Waals surface area contributed by atoms with Gasteiger partial charge in [0.1, 0.15) is 11.6 Å². The van der Waals surface area contributed by atoms with Gasteiger partial charge >= 0.3 is 11.9 Å². The van der Waals surface area contributed by atoms with E-state index in [-0.39, 0.29) is 103 Å². The highest BCUT2D eigenvalue weighted by Gasteiger charge is 2.44. The zero-order chi connectivity index (χ0) is 62.7. The smallest absolute Gasteiger partial charge is 0.306 e. The fraction of sp³-hybridized carbons (Fsp3) is 0.603. The number of nitrogens with zero attached hydrogens (tertiary/aromatic N) is 4. The Labute approximate surface area is 511 Å². The van der Waals surface area contributed by atoms with Gasteiger partial charge in [0.25, 0.3) is 0 Å². The summed E-state index contributed by atoms with van der Waals surface area (Å²) in [6.07, 6.45) is 4.64. The number of hydrogen-bond donors (Lipinski definition) is 2. The number of methoxy groups -OCH3 is 3. The molecule has 6 rings (SSSR count). The van der Waals surface area contributed by atoms with Gasteiger partial charge in [0, 0.05) is 65.4 Å². The van der Waals surface area contributed by atoms with E-state index < -0.39 is 48.1 Å². The Morgan fingerprint density at radius 2 is 1.22 bits per heavy atom. The number of thiazole rings is 1. The van der Waals surface area contributed by atoms with Crippen molar-refractivity contribution in [2.75, 3.05) is 48.6 Å². The zero-order valence-electron chi connectivity index (χ0n) is 53.3. The van der Waals surface area contributed by atoms with Crippen molar-refractivity contribution in [1.29, 1.82) is 0 Å². The fourth-order valence-corrected chi connectivity index (χ4v) is 13.6. The lowest BCUT2D eigenvalue weighted by atomic mass is 9.87. The number of carboxylic acids is 1. The second kappa shape index (κ2) is 33.8. The number of esters is 1. The molecule has 3 aromatic carbocycles. The van der Waals surface area contributed by atoms with Gasteiger partial charge in [0.15, 0.2) is 0 Å². The lowest BCUT2D eigenvalue weighted by Gasteiger charge is -2.40. The number of hydrogen-bond acceptors (Lipinski definition) is 12. The summed E-state index contributed by atoms with van der Waals surface area (Å²) in [5, 5.41) is 15.4. The van der Waals surface area contributed by atoms with Crippen LogP contribution in [0, 0.1) is 41.4 Å². The van der Waals surface area contributed by atoms with E-state index in [1.165, 1.54) is 18.4 Å². The average Bonchev–Trinajstić information content (AvgIpc) is 2.15. The molecule has 4 amide bonds. The molecular weight excluding hydrogens is 1090 g/mol. The van der Waals surface area contributed by atoms with Gasteiger partial charge in [-0.05, 0) is 77.2 Å². The Morgan fingerprint density at radius 3 is 1.71 bits per heavy atom. The van der Waals surface area contributed by atoms with Crippen LogP contribution in [-0.2, 0) is 54.1 Å². The Balaban J connectivity index is 0.000000318. The van der Waals surface area contributed by atoms with Crippen molar-refractivity contribution in [3.63, 3.8) is 0 Å². The second-order valence-electron chi connectivity index (χ2n) is 24.1. The Kier molecular flexibility index (Phi) is 27.7. The van der Waals surface area contributed by atoms with Crippen LogP contribution in [0.15, 0.2) is 90.4 Å². The van der Waals surface area contributed by atoms with E-state index in [0.29, 0.717) is 13.0 Å². The summed E-state index contributed by atoms with van der Waals surface area (Å²) < 4.78 is 23.3. The van der Waals surface area contributed by atoms with Crippen molar-refractivity contribution in [3.05, 3.63) is 112 Å². The third-order valence-corrected chi connectivity index (χ3v) is 19.0. The lowest BCUT2D eigenvalue weighted by Crippen LogP contribution is -2.54. The molecule has 0 radical (unpaired) electrons. The first kappa shape index (κ1) is 69.8. The highest BCUT2D eigenvalue weighted by molar-refractivity contribution is 7.09. The largest absolute Gasteiger partial charge is 0.481 e. The van der Waals surface area contributed by atoms with Crippen molar-refractivity contribution in [2.45, 2.75) is 175 Å². The number of likely N-dealkylation sites (tertiary alicyclic amines) is 1. The molecule has 1 saturated heterocycles. The maximum absolute atomic E-state index is 14.1. The molecule has 85 heavy (non-hydrogen) atoms. The van der Waals surface area contributed by atoms with Crippen LogP contribution >= 0.6 is 11.3 Å². The first-order valence-corrected chi connectivity index (χ1v) is 31.7. The first-order chi connectivity index (χ1) is 40.6. The first-order valence-electron chi connectivity index (χ1n) is 30.8. The predicted molar refractivity (Wildman–Crippen MR) is 335 cm³/mol. The number of fused-ring (bicyclic) bond motifs is 3. The molecule has 1 fully saturated rings. The van der Waals surface area contributed by atoms with E-state index in [1.807, 2.05) is 99.3 Å². The topological polar surface area (TPSA) is 194 Å². The molecule has 1 aromatic heterocycles. The number of nitrogens with one attached hydrogen (secondary N) is 1. The average molecular weight is 1190 g/mol. The van der Waals surface area contributed by atoms with Crippen LogP contribution in [0.25, 0.3) is 11.1 Å². The molecule has 0 saturated carbocycles. The van der Waals surface area contributed by atoms with Crippen molar-refractivity contribution >= 4 is 46.9 Å². The molecular formula is C68H99N5O11S. The van der Waals surface area contributed by atoms with E-state index in [1.54, 1.807) is 32.4 Å². The number of aromatic nitrogens is 1. The summed E-state index contributed by atoms with van der Waals surface area (Å²) in [6, 6.07) is 25.2. The molecule has 0 unspecified atom stereocenters. The summed E-state index contributed by atoms with van der Waals surface area (Å²) in [6.45, 7) is 20.9. The molecule has 17 heteroatoms. The minimum absolute atomic E-state index is 0.00974. The van der Waals surface area contributed by atoms with Gasteiger partial charge in [-0.25, -0.2) is 4.98 Å². The van der Waals surface area contributed by atoms with Crippen LogP contribution in [0.2, 0.25) is 0 Å². The molecule has 1 aliphatic carbocycles. The molecule has 16 nitrogen and oxygen atoms in total. The van der Waals surface area contributed by atoms with Gasteiger partial charge in [-0.3, -0.25) is 28.8 Å². The molecule has 0 bridgehead atoms. The van der Waals surface area contributed by atoms with Crippen LogP contribution in [0.1, 0.15) is 154 Å². The molecule has 4 aromatic rings. The second-order valence-corrected chi connectivity index (χ2v) is 25.1. The monoisotopic (exact) mass is 1190 g/mol. The van der Waals surface area contributed by atoms with Gasteiger partial charge in [0.2, 0.25) is 23.6 Å². The van der Waals surface area contributed by atoms with Crippen LogP contribution in [-0.4, -0.2) is 145 Å². The molecule has 12 atom stereocenters. The summed E-state index contributed by atoms with van der Waals surface area (Å²) in [5.74, 6) is -2.63. The third-order valence-electron chi connectivity index (χ3n) is 18.1. The molecule has 1 aliphatic heterocycles. The standard InChI is InChI=1S/C37H58N4O5S.C31H41NO6/c1-10-25(5)33(40(7)37(44)28(11-2)24(3)4)31(45-8)23-32(42)41-20-15-18-30(41)34(46-9)26(6)35(43)39-29(36-38-19-21-47-36)22-27-16-13-12-14-17-27;1-7-20(4)30(27(37-6)17-28(33)34)32(5)31(36)25(19(2)3)16-29(35)38-18-26-23-14-10-8-12-21(23)22-13-9-11-15-24(22)26/h12-14,16-17,19,21,24-26,28-31,33-34H,10-11,15,18,20,22-23H2,1-9H3,(H,39,43);8-15,19-20,25-27,30H,7,16-18H2,1-6H3,(H,33,34)/t25-,26+,28-,29-,30-,31+,33-,34+;20-,25-,27+,30-/m00/s1. The van der Waals surface area contributed by atoms with Crippen LogP contribution in [0.4, 0.5) is 0 Å². The summed E-state index contributed by atoms with van der Waals surface area (Å²) in [4.78, 5) is 89.5. The molecule has 468 valence electrons. The highest BCUT2D eigenvalue weighted by atomic mass is 32.1. The van der Waals surface area contributed by atoms with Gasteiger partial charge < -0.3 is 44.1 Å². The van der Waals surface area contributed by atoms with Crippen molar-refractivity contribution < 1.29 is 52.8 Å². The van der Waals surface area contributed by atoms with Crippen molar-refractivity contribution in [2.24, 2.45) is 41.4 Å². The van der Waals surface area contributed by atoms with Crippen molar-refractivity contribution in [3.8, 4) is 11.1 Å². The quantitative estimate of drug-likeness (QED) is 0.0454. The summed E-state index contributed by atoms with van der Waals surface area (Å²) in [5.41, 5.74) is 5.70. The summed E-state index contributed by atoms with van der Waals surface area (Å²) in [7, 11) is 8.26. The summed E-state index contributed by atoms with van der Waals surface area (Å²) >= 11 is 1.52. The maximum atomic E-state index is 14.1. The fourth-order valence-electron chi connectivity index (χ4n) is 12.9. The number of aliphatic carboxylic acids is 1.